The van der Waals surface area contributed by atoms with Gasteiger partial charge >= 0.3 is 5.97 Å². The lowest BCUT2D eigenvalue weighted by Crippen LogP contribution is -2.03. The normalized spacial score (nSPS) is 8.86. The fourth-order valence-corrected chi connectivity index (χ4v) is 0.254. The molecule has 0 bridgehead atoms. The molecule has 0 rings (SSSR count). The first kappa shape index (κ1) is 18.8. The van der Waals surface area contributed by atoms with Crippen LogP contribution in [0.1, 0.15) is 13.8 Å². The molecule has 0 aromatic heterocycles. The highest BCUT2D eigenvalue weighted by atomic mass is 32.3. The van der Waals surface area contributed by atoms with Crippen LogP contribution in [0.15, 0.2) is 12.2 Å². The van der Waals surface area contributed by atoms with Gasteiger partial charge in [-0.25, -0.2) is 4.79 Å². The lowest BCUT2D eigenvalue weighted by Gasteiger charge is -2.06. The maximum atomic E-state index is 10.4. The van der Waals surface area contributed by atoms with E-state index in [4.69, 9.17) is 17.5 Å². The van der Waals surface area contributed by atoms with Crippen molar-refractivity contribution in [1.29, 1.82) is 0 Å². The summed E-state index contributed by atoms with van der Waals surface area (Å²) in [5.41, 5.74) is 0.451. The van der Waals surface area contributed by atoms with E-state index in [9.17, 15) is 4.79 Å². The molecule has 0 amide bonds. The highest BCUT2D eigenvalue weighted by Gasteiger charge is 1.98. The minimum absolute atomic E-state index is 0. The van der Waals surface area contributed by atoms with Crippen molar-refractivity contribution in [3.05, 3.63) is 12.2 Å². The van der Waals surface area contributed by atoms with Crippen LogP contribution in [-0.2, 0) is 19.9 Å². The van der Waals surface area contributed by atoms with E-state index < -0.39 is 10.4 Å². The maximum absolute atomic E-state index is 10.4. The molecular formula is C6H14NO6S-. The summed E-state index contributed by atoms with van der Waals surface area (Å²) in [5, 5.41) is 0. The zero-order valence-electron chi connectivity index (χ0n) is 8.27. The number of rotatable bonds is 2. The first-order valence-corrected chi connectivity index (χ1v) is 4.51. The zero-order valence-corrected chi connectivity index (χ0v) is 9.09. The second kappa shape index (κ2) is 8.63. The Morgan fingerprint density at radius 1 is 1.43 bits per heavy atom. The van der Waals surface area contributed by atoms with Gasteiger partial charge in [0.2, 0.25) is 0 Å². The van der Waals surface area contributed by atoms with Gasteiger partial charge in [-0.05, 0) is 13.8 Å². The highest BCUT2D eigenvalue weighted by Crippen LogP contribution is 1.89. The summed E-state index contributed by atoms with van der Waals surface area (Å²) in [5.74, 6) is -0.312. The van der Waals surface area contributed by atoms with Crippen LogP contribution in [0.3, 0.4) is 0 Å². The average molecular weight is 228 g/mol. The van der Waals surface area contributed by atoms with Crippen LogP contribution in [-0.4, -0.2) is 30.1 Å². The Hall–Kier alpha value is -0.960. The maximum Gasteiger partial charge on any atom is 0.333 e. The van der Waals surface area contributed by atoms with Gasteiger partial charge in [-0.15, -0.1) is 0 Å². The third kappa shape index (κ3) is 30.5. The average Bonchev–Trinajstić information content (AvgIpc) is 1.84. The number of carbonyl (C=O) groups is 1. The molecule has 8 heteroatoms. The smallest absolute Gasteiger partial charge is 0.333 e. The van der Waals surface area contributed by atoms with Gasteiger partial charge in [0.15, 0.2) is 0 Å². The molecule has 0 aromatic rings. The van der Waals surface area contributed by atoms with Crippen molar-refractivity contribution in [3.63, 3.8) is 0 Å². The van der Waals surface area contributed by atoms with Crippen LogP contribution in [0.5, 0.6) is 0 Å². The number of ether oxygens (including phenoxy) is 1. The van der Waals surface area contributed by atoms with E-state index in [2.05, 4.69) is 11.3 Å². The quantitative estimate of drug-likeness (QED) is 0.308. The molecule has 0 unspecified atom stereocenters. The molecule has 0 aliphatic heterocycles. The third-order valence-electron chi connectivity index (χ3n) is 0.624. The Balaban J connectivity index is -0.000000177. The van der Waals surface area contributed by atoms with Crippen molar-refractivity contribution in [3.8, 4) is 0 Å². The first-order valence-electron chi connectivity index (χ1n) is 3.17. The molecule has 0 aliphatic rings. The molecule has 0 fully saturated rings. The number of carbonyl (C=O) groups excluding carboxylic acids is 1. The molecule has 0 aromatic carbocycles. The molecule has 86 valence electrons. The topological polar surface area (TPSA) is 143 Å². The van der Waals surface area contributed by atoms with Gasteiger partial charge in [-0.1, -0.05) is 6.58 Å². The third-order valence-corrected chi connectivity index (χ3v) is 0.624. The van der Waals surface area contributed by atoms with E-state index in [0.29, 0.717) is 12.2 Å². The minimum Gasteiger partial charge on any atom is -0.759 e. The number of hydrogen-bond donors (Lipinski definition) is 1. The monoisotopic (exact) mass is 228 g/mol. The second-order valence-electron chi connectivity index (χ2n) is 1.91. The lowest BCUT2D eigenvalue weighted by molar-refractivity contribution is -0.138. The van der Waals surface area contributed by atoms with Gasteiger partial charge < -0.3 is 20.0 Å². The molecule has 0 heterocycles. The lowest BCUT2D eigenvalue weighted by atomic mass is 10.4. The van der Waals surface area contributed by atoms with Crippen LogP contribution in [0.2, 0.25) is 0 Å². The van der Waals surface area contributed by atoms with Gasteiger partial charge in [0.1, 0.15) is 0 Å². The SMILES string of the molecule is C=C(C)C(=O)OCC.O=S(=O)([O-])[O-].[NH4+]. The molecule has 7 nitrogen and oxygen atoms in total. The van der Waals surface area contributed by atoms with Crippen LogP contribution in [0, 0.1) is 0 Å². The van der Waals surface area contributed by atoms with Gasteiger partial charge in [-0.3, -0.25) is 8.42 Å². The first-order chi connectivity index (χ1) is 5.68. The van der Waals surface area contributed by atoms with Crippen molar-refractivity contribution in [2.45, 2.75) is 13.8 Å². The minimum atomic E-state index is -5.17. The number of esters is 1. The summed E-state index contributed by atoms with van der Waals surface area (Å²) >= 11 is 0. The summed E-state index contributed by atoms with van der Waals surface area (Å²) in [6, 6.07) is 0. The fourth-order valence-electron chi connectivity index (χ4n) is 0.254. The Bertz CT molecular complexity index is 262. The molecule has 0 saturated carbocycles. The molecule has 0 spiro atoms. The highest BCUT2D eigenvalue weighted by molar-refractivity contribution is 7.79. The summed E-state index contributed by atoms with van der Waals surface area (Å²) in [4.78, 5) is 10.4. The molecule has 14 heavy (non-hydrogen) atoms. The number of quaternary nitrogens is 1. The van der Waals surface area contributed by atoms with E-state index in [1.165, 1.54) is 0 Å². The molecule has 4 N–H and O–H groups in total. The van der Waals surface area contributed by atoms with Crippen molar-refractivity contribution in [2.24, 2.45) is 0 Å². The summed E-state index contributed by atoms with van der Waals surface area (Å²) in [6.07, 6.45) is 0. The van der Waals surface area contributed by atoms with Crippen LogP contribution >= 0.6 is 0 Å². The van der Waals surface area contributed by atoms with Gasteiger partial charge in [-0.2, -0.15) is 0 Å². The van der Waals surface area contributed by atoms with E-state index in [1.807, 2.05) is 0 Å². The van der Waals surface area contributed by atoms with Crippen molar-refractivity contribution in [1.82, 2.24) is 6.15 Å². The Morgan fingerprint density at radius 2 is 1.71 bits per heavy atom. The van der Waals surface area contributed by atoms with E-state index >= 15 is 0 Å². The van der Waals surface area contributed by atoms with E-state index in [-0.39, 0.29) is 12.1 Å². The second-order valence-corrected chi connectivity index (χ2v) is 2.73. The van der Waals surface area contributed by atoms with Crippen LogP contribution in [0.4, 0.5) is 0 Å². The van der Waals surface area contributed by atoms with Crippen LogP contribution < -0.4 is 6.15 Å². The fraction of sp³-hybridized carbons (Fsp3) is 0.500. The standard InChI is InChI=1S/C6H10O2.H3N.H2O4S/c1-4-8-6(7)5(2)3;;1-5(2,3)4/h2,4H2,1,3H3;1H3;(H2,1,2,3,4)/p-1. The molecule has 0 atom stereocenters. The predicted molar refractivity (Wildman–Crippen MR) is 47.9 cm³/mol. The Morgan fingerprint density at radius 3 is 1.79 bits per heavy atom. The van der Waals surface area contributed by atoms with Crippen LogP contribution in [0.25, 0.3) is 0 Å². The largest absolute Gasteiger partial charge is 0.759 e. The Labute approximate surface area is 82.9 Å². The molecule has 0 radical (unpaired) electrons. The summed E-state index contributed by atoms with van der Waals surface area (Å²) < 4.78 is 38.6. The molecular weight excluding hydrogens is 214 g/mol. The van der Waals surface area contributed by atoms with Gasteiger partial charge in [0.25, 0.3) is 0 Å². The van der Waals surface area contributed by atoms with Gasteiger partial charge in [0, 0.05) is 16.0 Å². The van der Waals surface area contributed by atoms with Crippen molar-refractivity contribution < 1.29 is 27.1 Å². The summed E-state index contributed by atoms with van der Waals surface area (Å²) in [7, 11) is -5.17. The predicted octanol–water partition coefficient (Wildman–Crippen LogP) is 0.164. The zero-order chi connectivity index (χ0) is 11.1. The molecule has 0 saturated heterocycles. The van der Waals surface area contributed by atoms with Gasteiger partial charge in [0.05, 0.1) is 6.61 Å². The Kier molecular flexibility index (Phi) is 11.6. The van der Waals surface area contributed by atoms with Crippen molar-refractivity contribution >= 4 is 16.4 Å². The van der Waals surface area contributed by atoms with Crippen molar-refractivity contribution in [2.75, 3.05) is 6.61 Å². The van der Waals surface area contributed by atoms with E-state index in [1.54, 1.807) is 13.8 Å². The number of hydrogen-bond acceptors (Lipinski definition) is 6. The molecule has 0 aliphatic carbocycles. The van der Waals surface area contributed by atoms with E-state index in [0.717, 1.165) is 0 Å². The summed E-state index contributed by atoms with van der Waals surface area (Å²) in [6.45, 7) is 7.21.